The van der Waals surface area contributed by atoms with Crippen LogP contribution in [0.2, 0.25) is 5.02 Å². The number of benzene rings is 2. The van der Waals surface area contributed by atoms with Crippen LogP contribution in [-0.4, -0.2) is 44.2 Å². The molecule has 2 aromatic carbocycles. The summed E-state index contributed by atoms with van der Waals surface area (Å²) in [6, 6.07) is 8.30. The van der Waals surface area contributed by atoms with E-state index in [1.165, 1.54) is 24.3 Å². The number of carbonyl (C=O) groups excluding carboxylic acids is 1. The second-order valence-corrected chi connectivity index (χ2v) is 9.10. The van der Waals surface area contributed by atoms with E-state index >= 15 is 0 Å². The molecule has 0 bridgehead atoms. The molecule has 14 heteroatoms. The van der Waals surface area contributed by atoms with Gasteiger partial charge in [-0.25, -0.2) is 14.0 Å². The molecule has 8 nitrogen and oxygen atoms in total. The molecule has 0 saturated carbocycles. The van der Waals surface area contributed by atoms with Gasteiger partial charge in [0.25, 0.3) is 0 Å². The number of rotatable bonds is 9. The van der Waals surface area contributed by atoms with E-state index in [0.717, 1.165) is 30.0 Å². The second-order valence-electron chi connectivity index (χ2n) is 7.61. The SMILES string of the molecule is CC(O)(c1ccc(C(=O)CCCSc2nonc2C(=Nc2ccc(F)c(Cl)c2)NO)cc1)C(F)(F)F. The van der Waals surface area contributed by atoms with Gasteiger partial charge >= 0.3 is 6.18 Å². The van der Waals surface area contributed by atoms with Crippen molar-refractivity contribution in [3.8, 4) is 0 Å². The Balaban J connectivity index is 1.59. The molecule has 0 aliphatic heterocycles. The van der Waals surface area contributed by atoms with E-state index in [0.29, 0.717) is 19.1 Å². The topological polar surface area (TPSA) is 121 Å². The lowest BCUT2D eigenvalue weighted by Crippen LogP contribution is -2.39. The summed E-state index contributed by atoms with van der Waals surface area (Å²) >= 11 is 6.90. The monoisotopic (exact) mass is 546 g/mol. The van der Waals surface area contributed by atoms with Crippen molar-refractivity contribution in [1.82, 2.24) is 15.8 Å². The van der Waals surface area contributed by atoms with E-state index < -0.39 is 17.6 Å². The molecule has 3 aromatic rings. The second kappa shape index (κ2) is 11.4. The van der Waals surface area contributed by atoms with Crippen molar-refractivity contribution in [1.29, 1.82) is 0 Å². The van der Waals surface area contributed by atoms with Crippen LogP contribution in [0.5, 0.6) is 0 Å². The first-order chi connectivity index (χ1) is 16.9. The number of aliphatic imine (C=N–C) groups is 1. The van der Waals surface area contributed by atoms with E-state index in [4.69, 9.17) is 16.2 Å². The van der Waals surface area contributed by atoms with Crippen LogP contribution >= 0.6 is 23.4 Å². The van der Waals surface area contributed by atoms with E-state index in [2.05, 4.69) is 15.3 Å². The molecule has 1 atom stereocenters. The van der Waals surface area contributed by atoms with Gasteiger partial charge in [-0.1, -0.05) is 35.9 Å². The van der Waals surface area contributed by atoms with Gasteiger partial charge in [-0.15, -0.1) is 11.8 Å². The number of nitrogens with one attached hydrogen (secondary N) is 1. The van der Waals surface area contributed by atoms with Crippen LogP contribution in [0.25, 0.3) is 0 Å². The maximum atomic E-state index is 13.3. The quantitative estimate of drug-likeness (QED) is 0.0617. The van der Waals surface area contributed by atoms with Crippen LogP contribution in [0.4, 0.5) is 23.2 Å². The van der Waals surface area contributed by atoms with Gasteiger partial charge in [-0.2, -0.15) is 13.2 Å². The Morgan fingerprint density at radius 2 is 1.89 bits per heavy atom. The molecular weight excluding hydrogens is 528 g/mol. The summed E-state index contributed by atoms with van der Waals surface area (Å²) in [6.07, 6.45) is -4.38. The fourth-order valence-corrected chi connectivity index (χ4v) is 3.94. The van der Waals surface area contributed by atoms with Gasteiger partial charge in [0.15, 0.2) is 27.9 Å². The summed E-state index contributed by atoms with van der Waals surface area (Å²) < 4.78 is 56.9. The molecule has 3 N–H and O–H groups in total. The third-order valence-electron chi connectivity index (χ3n) is 5.04. The summed E-state index contributed by atoms with van der Waals surface area (Å²) in [6.45, 7) is 0.644. The predicted molar refractivity (Wildman–Crippen MR) is 123 cm³/mol. The average molecular weight is 547 g/mol. The fraction of sp³-hybridized carbons (Fsp3) is 0.273. The number of hydrogen-bond acceptors (Lipinski definition) is 8. The maximum absolute atomic E-state index is 13.3. The summed E-state index contributed by atoms with van der Waals surface area (Å²) in [5.74, 6) is -0.672. The number of ketones is 1. The number of thioether (sulfide) groups is 1. The highest BCUT2D eigenvalue weighted by molar-refractivity contribution is 7.99. The number of Topliss-reactive ketones (excluding diaryl/α,β-unsaturated/α-hetero) is 1. The van der Waals surface area contributed by atoms with E-state index in [-0.39, 0.29) is 50.6 Å². The van der Waals surface area contributed by atoms with Gasteiger partial charge in [-0.05, 0) is 47.4 Å². The summed E-state index contributed by atoms with van der Waals surface area (Å²) in [4.78, 5) is 16.5. The zero-order valence-corrected chi connectivity index (χ0v) is 20.1. The van der Waals surface area contributed by atoms with E-state index in [9.17, 15) is 32.7 Å². The van der Waals surface area contributed by atoms with Gasteiger partial charge < -0.3 is 5.11 Å². The molecule has 1 unspecified atom stereocenters. The highest BCUT2D eigenvalue weighted by Gasteiger charge is 2.51. The van der Waals surface area contributed by atoms with Crippen molar-refractivity contribution in [2.75, 3.05) is 5.75 Å². The molecule has 0 radical (unpaired) electrons. The fourth-order valence-electron chi connectivity index (χ4n) is 2.92. The first-order valence-electron chi connectivity index (χ1n) is 10.3. The lowest BCUT2D eigenvalue weighted by molar-refractivity contribution is -0.258. The molecule has 0 amide bonds. The Labute approximate surface area is 211 Å². The number of aromatic nitrogens is 2. The number of amidine groups is 1. The van der Waals surface area contributed by atoms with Crippen LogP contribution < -0.4 is 5.48 Å². The van der Waals surface area contributed by atoms with Gasteiger partial charge in [0.1, 0.15) is 5.82 Å². The molecule has 36 heavy (non-hydrogen) atoms. The normalized spacial score (nSPS) is 13.9. The minimum Gasteiger partial charge on any atom is -0.376 e. The highest BCUT2D eigenvalue weighted by Crippen LogP contribution is 2.38. The summed E-state index contributed by atoms with van der Waals surface area (Å²) in [7, 11) is 0. The smallest absolute Gasteiger partial charge is 0.376 e. The first kappa shape index (κ1) is 27.6. The van der Waals surface area contributed by atoms with Crippen molar-refractivity contribution >= 4 is 40.7 Å². The number of halogens is 5. The van der Waals surface area contributed by atoms with Gasteiger partial charge in [0, 0.05) is 17.7 Å². The van der Waals surface area contributed by atoms with Crippen molar-refractivity contribution in [3.63, 3.8) is 0 Å². The van der Waals surface area contributed by atoms with Crippen LogP contribution in [-0.2, 0) is 5.60 Å². The molecule has 0 aliphatic carbocycles. The largest absolute Gasteiger partial charge is 0.421 e. The molecule has 0 aliphatic rings. The highest BCUT2D eigenvalue weighted by atomic mass is 35.5. The number of hydrogen-bond donors (Lipinski definition) is 3. The van der Waals surface area contributed by atoms with E-state index in [1.54, 1.807) is 0 Å². The molecule has 1 heterocycles. The molecule has 0 spiro atoms. The number of hydroxylamine groups is 1. The molecule has 0 fully saturated rings. The van der Waals surface area contributed by atoms with Crippen LogP contribution in [0.3, 0.4) is 0 Å². The zero-order chi connectivity index (χ0) is 26.5. The van der Waals surface area contributed by atoms with Crippen molar-refractivity contribution < 1.29 is 37.3 Å². The van der Waals surface area contributed by atoms with Crippen LogP contribution in [0.1, 0.15) is 41.4 Å². The Morgan fingerprint density at radius 1 is 1.19 bits per heavy atom. The number of carbonyl (C=O) groups is 1. The standard InChI is InChI=1S/C22H19ClF4N4O4S/c1-21(33,22(25,26)27)13-6-4-12(5-7-13)17(32)3-2-10-36-20-18(30-35-31-20)19(29-34)28-14-8-9-16(24)15(23)11-14/h4-9,11,33-34H,2-3,10H2,1H3,(H,28,29). The lowest BCUT2D eigenvalue weighted by Gasteiger charge is -2.26. The Morgan fingerprint density at radius 3 is 2.50 bits per heavy atom. The van der Waals surface area contributed by atoms with Crippen LogP contribution in [0, 0.1) is 5.82 Å². The Bertz CT molecular complexity index is 1250. The predicted octanol–water partition coefficient (Wildman–Crippen LogP) is 5.44. The molecule has 3 rings (SSSR count). The zero-order valence-electron chi connectivity index (χ0n) is 18.5. The third kappa shape index (κ3) is 6.40. The molecule has 1 aromatic heterocycles. The van der Waals surface area contributed by atoms with Gasteiger partial charge in [0.2, 0.25) is 0 Å². The van der Waals surface area contributed by atoms with Gasteiger partial charge in [-0.3, -0.25) is 15.5 Å². The Kier molecular flexibility index (Phi) is 8.71. The first-order valence-corrected chi connectivity index (χ1v) is 11.6. The number of nitrogens with zero attached hydrogens (tertiary/aromatic N) is 3. The Hall–Kier alpha value is -3.00. The van der Waals surface area contributed by atoms with Crippen molar-refractivity contribution in [2.24, 2.45) is 4.99 Å². The van der Waals surface area contributed by atoms with Crippen molar-refractivity contribution in [2.45, 2.75) is 36.6 Å². The van der Waals surface area contributed by atoms with Crippen LogP contribution in [0.15, 0.2) is 57.1 Å². The van der Waals surface area contributed by atoms with E-state index in [1.807, 2.05) is 5.48 Å². The third-order valence-corrected chi connectivity index (χ3v) is 6.36. The number of alkyl halides is 3. The minimum absolute atomic E-state index is 0.0709. The average Bonchev–Trinajstić information content (AvgIpc) is 3.30. The molecular formula is C22H19ClF4N4O4S. The minimum atomic E-state index is -4.85. The van der Waals surface area contributed by atoms with Crippen molar-refractivity contribution in [3.05, 3.63) is 70.1 Å². The lowest BCUT2D eigenvalue weighted by atomic mass is 9.93. The molecule has 0 saturated heterocycles. The summed E-state index contributed by atoms with van der Waals surface area (Å²) in [5, 5.41) is 26.7. The van der Waals surface area contributed by atoms with Gasteiger partial charge in [0.05, 0.1) is 10.7 Å². The maximum Gasteiger partial charge on any atom is 0.421 e. The summed E-state index contributed by atoms with van der Waals surface area (Å²) in [5.41, 5.74) is -1.01. The molecule has 192 valence electrons. The number of aliphatic hydroxyl groups is 1.